The first-order chi connectivity index (χ1) is 18.5. The summed E-state index contributed by atoms with van der Waals surface area (Å²) in [4.78, 5) is 26.8. The van der Waals surface area contributed by atoms with Crippen molar-refractivity contribution in [1.82, 2.24) is 19.8 Å². The van der Waals surface area contributed by atoms with Gasteiger partial charge >= 0.3 is 0 Å². The third kappa shape index (κ3) is 5.88. The van der Waals surface area contributed by atoms with E-state index in [4.69, 9.17) is 21.1 Å². The minimum Gasteiger partial charge on any atom is -0.404 e. The molecule has 1 fully saturated rings. The van der Waals surface area contributed by atoms with Gasteiger partial charge in [-0.05, 0) is 48.3 Å². The van der Waals surface area contributed by atoms with Gasteiger partial charge in [0.15, 0.2) is 11.6 Å². The van der Waals surface area contributed by atoms with Crippen molar-refractivity contribution < 1.29 is 4.79 Å². The molecule has 0 bridgehead atoms. The summed E-state index contributed by atoms with van der Waals surface area (Å²) >= 11 is 1.57. The zero-order valence-corrected chi connectivity index (χ0v) is 22.0. The van der Waals surface area contributed by atoms with Crippen LogP contribution >= 0.6 is 11.3 Å². The van der Waals surface area contributed by atoms with Crippen LogP contribution in [0, 0.1) is 5.41 Å². The van der Waals surface area contributed by atoms with E-state index in [1.807, 2.05) is 60.0 Å². The number of carbonyl (C=O) groups is 1. The van der Waals surface area contributed by atoms with Gasteiger partial charge in [0, 0.05) is 61.1 Å². The van der Waals surface area contributed by atoms with E-state index >= 15 is 0 Å². The molecule has 9 nitrogen and oxygen atoms in total. The zero-order chi connectivity index (χ0) is 26.5. The van der Waals surface area contributed by atoms with Crippen LogP contribution in [-0.4, -0.2) is 71.7 Å². The summed E-state index contributed by atoms with van der Waals surface area (Å²) in [5.41, 5.74) is 10.4. The second-order valence-electron chi connectivity index (χ2n) is 9.21. The Bertz CT molecular complexity index is 1470. The lowest BCUT2D eigenvalue weighted by Crippen LogP contribution is -2.47. The average molecular weight is 527 g/mol. The minimum atomic E-state index is -0.0256. The largest absolute Gasteiger partial charge is 0.404 e. The van der Waals surface area contributed by atoms with Crippen LogP contribution < -0.4 is 16.4 Å². The topological polar surface area (TPSA) is 123 Å². The Labute approximate surface area is 225 Å². The van der Waals surface area contributed by atoms with Crippen LogP contribution in [0.1, 0.15) is 5.56 Å². The first-order valence-corrected chi connectivity index (χ1v) is 13.3. The Morgan fingerprint density at radius 3 is 2.61 bits per heavy atom. The molecule has 4 aromatic rings. The summed E-state index contributed by atoms with van der Waals surface area (Å²) in [5.74, 6) is 1.25. The quantitative estimate of drug-likeness (QED) is 0.253. The number of fused-ring (bicyclic) bond motifs is 1. The molecule has 1 amide bonds. The number of carbonyl (C=O) groups excluding carboxylic acids is 1. The lowest BCUT2D eigenvalue weighted by molar-refractivity contribution is -0.117. The molecule has 5 rings (SSSR count). The highest BCUT2D eigenvalue weighted by Gasteiger charge is 2.17. The molecule has 2 aromatic heterocycles. The van der Waals surface area contributed by atoms with E-state index in [1.165, 1.54) is 12.4 Å². The van der Waals surface area contributed by atoms with Gasteiger partial charge < -0.3 is 26.7 Å². The van der Waals surface area contributed by atoms with Crippen LogP contribution in [0.5, 0.6) is 0 Å². The van der Waals surface area contributed by atoms with Gasteiger partial charge in [-0.15, -0.1) is 11.3 Å². The van der Waals surface area contributed by atoms with Gasteiger partial charge in [-0.1, -0.05) is 24.3 Å². The SMILES string of the molecule is CN1CCN(CC(=O)Nc2cccc(-c3nc(Nc4ccc(/C(C=N)=C/N)cc4)c4sccc4n3)c2)CC1. The number of piperazine rings is 1. The van der Waals surface area contributed by atoms with Crippen LogP contribution in [0.3, 0.4) is 0 Å². The van der Waals surface area contributed by atoms with E-state index in [-0.39, 0.29) is 5.91 Å². The van der Waals surface area contributed by atoms with Gasteiger partial charge in [0.25, 0.3) is 0 Å². The van der Waals surface area contributed by atoms with Crippen molar-refractivity contribution in [2.24, 2.45) is 5.73 Å². The van der Waals surface area contributed by atoms with Crippen molar-refractivity contribution >= 4 is 56.4 Å². The number of thiophene rings is 1. The van der Waals surface area contributed by atoms with Gasteiger partial charge in [0.1, 0.15) is 0 Å². The molecule has 2 aromatic carbocycles. The maximum atomic E-state index is 12.7. The van der Waals surface area contributed by atoms with Crippen molar-refractivity contribution in [3.05, 3.63) is 71.7 Å². The number of aromatic nitrogens is 2. The minimum absolute atomic E-state index is 0.0256. The highest BCUT2D eigenvalue weighted by atomic mass is 32.1. The number of anilines is 3. The van der Waals surface area contributed by atoms with Gasteiger partial charge in [-0.3, -0.25) is 9.69 Å². The molecule has 0 spiro atoms. The molecule has 0 radical (unpaired) electrons. The monoisotopic (exact) mass is 526 g/mol. The third-order valence-corrected chi connectivity index (χ3v) is 7.40. The van der Waals surface area contributed by atoms with Crippen LogP contribution in [0.25, 0.3) is 27.2 Å². The number of nitrogens with one attached hydrogen (secondary N) is 3. The molecule has 1 saturated heterocycles. The summed E-state index contributed by atoms with van der Waals surface area (Å²) in [6.45, 7) is 4.11. The molecule has 10 heteroatoms. The number of rotatable bonds is 8. The fourth-order valence-electron chi connectivity index (χ4n) is 4.33. The van der Waals surface area contributed by atoms with E-state index in [1.54, 1.807) is 11.3 Å². The fraction of sp³-hybridized carbons (Fsp3) is 0.214. The first kappa shape index (κ1) is 25.5. The maximum absolute atomic E-state index is 12.7. The van der Waals surface area contributed by atoms with Crippen LogP contribution in [0.4, 0.5) is 17.2 Å². The number of benzene rings is 2. The van der Waals surface area contributed by atoms with Gasteiger partial charge in [0.2, 0.25) is 5.91 Å². The normalized spacial score (nSPS) is 14.9. The molecule has 1 aliphatic rings. The molecule has 194 valence electrons. The van der Waals surface area contributed by atoms with E-state index < -0.39 is 0 Å². The van der Waals surface area contributed by atoms with Crippen LogP contribution in [0.2, 0.25) is 0 Å². The number of allylic oxidation sites excluding steroid dienone is 1. The second-order valence-corrected chi connectivity index (χ2v) is 10.1. The van der Waals surface area contributed by atoms with E-state index in [9.17, 15) is 4.79 Å². The summed E-state index contributed by atoms with van der Waals surface area (Å²) in [6, 6.07) is 17.3. The summed E-state index contributed by atoms with van der Waals surface area (Å²) < 4.78 is 0.955. The number of amides is 1. The standard InChI is InChI=1S/C28H30N8OS/c1-35-10-12-36(13-11-35)18-25(37)31-23-4-2-3-20(15-23)27-33-24-9-14-38-26(24)28(34-27)32-22-7-5-19(6-8-22)21(16-29)17-30/h2-9,14-17,29H,10-13,18,30H2,1H3,(H,31,37)(H,32,33,34)/b21-17+,29-16?. The van der Waals surface area contributed by atoms with E-state index in [0.29, 0.717) is 23.8 Å². The lowest BCUT2D eigenvalue weighted by Gasteiger charge is -2.31. The molecule has 0 saturated carbocycles. The Hall–Kier alpha value is -4.12. The molecule has 5 N–H and O–H groups in total. The molecule has 1 aliphatic heterocycles. The Morgan fingerprint density at radius 1 is 1.08 bits per heavy atom. The van der Waals surface area contributed by atoms with Crippen LogP contribution in [-0.2, 0) is 4.79 Å². The average Bonchev–Trinajstić information content (AvgIpc) is 3.41. The summed E-state index contributed by atoms with van der Waals surface area (Å²) in [6.07, 6.45) is 2.65. The van der Waals surface area contributed by atoms with Gasteiger partial charge in [-0.2, -0.15) is 0 Å². The van der Waals surface area contributed by atoms with E-state index in [2.05, 4.69) is 27.5 Å². The van der Waals surface area contributed by atoms with Crippen molar-refractivity contribution in [2.75, 3.05) is 50.4 Å². The maximum Gasteiger partial charge on any atom is 0.238 e. The molecule has 3 heterocycles. The van der Waals surface area contributed by atoms with Crippen LogP contribution in [0.15, 0.2) is 66.2 Å². The summed E-state index contributed by atoms with van der Waals surface area (Å²) in [5, 5.41) is 15.9. The molecule has 0 aliphatic carbocycles. The fourth-order valence-corrected chi connectivity index (χ4v) is 5.11. The highest BCUT2D eigenvalue weighted by Crippen LogP contribution is 2.32. The Morgan fingerprint density at radius 2 is 1.87 bits per heavy atom. The molecular weight excluding hydrogens is 496 g/mol. The van der Waals surface area contributed by atoms with Gasteiger partial charge in [-0.25, -0.2) is 9.97 Å². The smallest absolute Gasteiger partial charge is 0.238 e. The molecular formula is C28H30N8OS. The third-order valence-electron chi connectivity index (χ3n) is 6.49. The van der Waals surface area contributed by atoms with Crippen molar-refractivity contribution in [1.29, 1.82) is 5.41 Å². The number of hydrogen-bond donors (Lipinski definition) is 4. The summed E-state index contributed by atoms with van der Waals surface area (Å²) in [7, 11) is 2.10. The first-order valence-electron chi connectivity index (χ1n) is 12.4. The molecule has 0 atom stereocenters. The number of likely N-dealkylation sites (N-methyl/N-ethyl adjacent to an activating group) is 1. The predicted molar refractivity (Wildman–Crippen MR) is 156 cm³/mol. The zero-order valence-electron chi connectivity index (χ0n) is 21.1. The lowest BCUT2D eigenvalue weighted by atomic mass is 10.1. The van der Waals surface area contributed by atoms with Crippen molar-refractivity contribution in [2.45, 2.75) is 0 Å². The number of nitrogens with zero attached hydrogens (tertiary/aromatic N) is 4. The van der Waals surface area contributed by atoms with Crippen molar-refractivity contribution in [3.63, 3.8) is 0 Å². The second kappa shape index (κ2) is 11.5. The highest BCUT2D eigenvalue weighted by molar-refractivity contribution is 7.17. The number of hydrogen-bond acceptors (Lipinski definition) is 9. The Kier molecular flexibility index (Phi) is 7.73. The molecule has 0 unspecified atom stereocenters. The Balaban J connectivity index is 1.35. The predicted octanol–water partition coefficient (Wildman–Crippen LogP) is 4.24. The molecule has 38 heavy (non-hydrogen) atoms. The van der Waals surface area contributed by atoms with E-state index in [0.717, 1.165) is 58.9 Å². The van der Waals surface area contributed by atoms with Crippen molar-refractivity contribution in [3.8, 4) is 11.4 Å². The number of nitrogens with two attached hydrogens (primary N) is 1. The van der Waals surface area contributed by atoms with Gasteiger partial charge in [0.05, 0.1) is 16.8 Å².